The van der Waals surface area contributed by atoms with Gasteiger partial charge in [0.15, 0.2) is 0 Å². The van der Waals surface area contributed by atoms with Crippen molar-refractivity contribution in [3.8, 4) is 0 Å². The highest BCUT2D eigenvalue weighted by atomic mass is 16.5. The predicted octanol–water partition coefficient (Wildman–Crippen LogP) is 1.88. The van der Waals surface area contributed by atoms with Gasteiger partial charge in [-0.3, -0.25) is 4.79 Å². The van der Waals surface area contributed by atoms with Gasteiger partial charge in [0.25, 0.3) is 0 Å². The summed E-state index contributed by atoms with van der Waals surface area (Å²) in [5.41, 5.74) is 3.69. The lowest BCUT2D eigenvalue weighted by Crippen LogP contribution is -2.38. The minimum absolute atomic E-state index is 0.00373. The number of nitrogens with zero attached hydrogens (tertiary/aromatic N) is 1. The Kier molecular flexibility index (Phi) is 4.34. The summed E-state index contributed by atoms with van der Waals surface area (Å²) in [7, 11) is 1.37. The molecule has 0 radical (unpaired) electrons. The van der Waals surface area contributed by atoms with E-state index in [9.17, 15) is 9.59 Å². The smallest absolute Gasteiger partial charge is 0.337 e. The number of nitrogens with one attached hydrogen (secondary N) is 1. The summed E-state index contributed by atoms with van der Waals surface area (Å²) < 4.78 is 9.99. The summed E-state index contributed by atoms with van der Waals surface area (Å²) in [6.45, 7) is 3.72. The lowest BCUT2D eigenvalue weighted by atomic mass is 10.0. The van der Waals surface area contributed by atoms with Crippen molar-refractivity contribution < 1.29 is 19.1 Å². The second kappa shape index (κ2) is 6.42. The lowest BCUT2D eigenvalue weighted by Gasteiger charge is -2.27. The van der Waals surface area contributed by atoms with Gasteiger partial charge in [0.2, 0.25) is 5.91 Å². The van der Waals surface area contributed by atoms with Crippen LogP contribution < -0.4 is 0 Å². The van der Waals surface area contributed by atoms with Crippen molar-refractivity contribution in [1.29, 1.82) is 0 Å². The number of hydrogen-bond donors (Lipinski definition) is 1. The van der Waals surface area contributed by atoms with Crippen LogP contribution in [-0.2, 0) is 27.2 Å². The Balaban J connectivity index is 1.91. The Hall–Kier alpha value is -2.34. The number of methoxy groups -OCH3 is 1. The molecule has 0 saturated heterocycles. The summed E-state index contributed by atoms with van der Waals surface area (Å²) in [6.07, 6.45) is 0.773. The second-order valence-corrected chi connectivity index (χ2v) is 5.54. The molecule has 122 valence electrons. The fourth-order valence-corrected chi connectivity index (χ4v) is 2.95. The summed E-state index contributed by atoms with van der Waals surface area (Å²) >= 11 is 0. The summed E-state index contributed by atoms with van der Waals surface area (Å²) in [5.74, 6) is -0.363. The van der Waals surface area contributed by atoms with E-state index in [2.05, 4.69) is 4.98 Å². The molecule has 6 heteroatoms. The van der Waals surface area contributed by atoms with E-state index in [4.69, 9.17) is 9.47 Å². The van der Waals surface area contributed by atoms with Gasteiger partial charge >= 0.3 is 5.97 Å². The number of H-pyrrole nitrogens is 1. The molecule has 0 fully saturated rings. The molecule has 1 N–H and O–H groups in total. The Bertz CT molecular complexity index is 750. The molecule has 23 heavy (non-hydrogen) atoms. The molecule has 0 atom stereocenters. The van der Waals surface area contributed by atoms with Crippen LogP contribution in [0, 0.1) is 0 Å². The van der Waals surface area contributed by atoms with E-state index in [0.717, 1.165) is 28.6 Å². The Morgan fingerprint density at radius 3 is 2.91 bits per heavy atom. The first kappa shape index (κ1) is 15.6. The van der Waals surface area contributed by atoms with Crippen LogP contribution in [0.3, 0.4) is 0 Å². The first-order valence-electron chi connectivity index (χ1n) is 7.71. The van der Waals surface area contributed by atoms with Gasteiger partial charge in [-0.1, -0.05) is 0 Å². The Labute approximate surface area is 134 Å². The second-order valence-electron chi connectivity index (χ2n) is 5.54. The molecule has 1 aliphatic heterocycles. The molecule has 3 rings (SSSR count). The Morgan fingerprint density at radius 2 is 2.17 bits per heavy atom. The van der Waals surface area contributed by atoms with Crippen molar-refractivity contribution in [2.24, 2.45) is 0 Å². The molecule has 0 bridgehead atoms. The molecule has 0 spiro atoms. The van der Waals surface area contributed by atoms with Crippen LogP contribution in [0.2, 0.25) is 0 Å². The highest BCUT2D eigenvalue weighted by Gasteiger charge is 2.24. The number of benzene rings is 1. The van der Waals surface area contributed by atoms with Crippen LogP contribution in [0.25, 0.3) is 10.9 Å². The number of esters is 1. The van der Waals surface area contributed by atoms with Crippen LogP contribution >= 0.6 is 0 Å². The highest BCUT2D eigenvalue weighted by Crippen LogP contribution is 2.28. The third kappa shape index (κ3) is 2.94. The van der Waals surface area contributed by atoms with E-state index in [-0.39, 0.29) is 18.5 Å². The van der Waals surface area contributed by atoms with Gasteiger partial charge in [-0.2, -0.15) is 0 Å². The fourth-order valence-electron chi connectivity index (χ4n) is 2.95. The maximum Gasteiger partial charge on any atom is 0.337 e. The monoisotopic (exact) mass is 316 g/mol. The average Bonchev–Trinajstić information content (AvgIpc) is 2.95. The summed E-state index contributed by atoms with van der Waals surface area (Å²) in [6, 6.07) is 5.45. The fraction of sp³-hybridized carbons (Fsp3) is 0.412. The number of aromatic amines is 1. The maximum atomic E-state index is 12.2. The molecule has 1 aromatic heterocycles. The van der Waals surface area contributed by atoms with Crippen LogP contribution in [-0.4, -0.2) is 48.6 Å². The Morgan fingerprint density at radius 1 is 1.35 bits per heavy atom. The maximum absolute atomic E-state index is 12.2. The van der Waals surface area contributed by atoms with E-state index >= 15 is 0 Å². The summed E-state index contributed by atoms with van der Waals surface area (Å²) in [4.78, 5) is 29.1. The number of rotatable bonds is 4. The number of aromatic nitrogens is 1. The standard InChI is InChI=1S/C17H20N2O4/c1-3-23-10-16(20)19-7-6-15-13(9-19)12-8-11(17(21)22-2)4-5-14(12)18-15/h4-5,8,18H,3,6-7,9-10H2,1-2H3. The van der Waals surface area contributed by atoms with Crippen LogP contribution in [0.5, 0.6) is 0 Å². The zero-order valence-corrected chi connectivity index (χ0v) is 13.3. The van der Waals surface area contributed by atoms with E-state index in [0.29, 0.717) is 25.3 Å². The quantitative estimate of drug-likeness (QED) is 0.874. The molecule has 6 nitrogen and oxygen atoms in total. The number of carbonyl (C=O) groups is 2. The predicted molar refractivity (Wildman–Crippen MR) is 85.3 cm³/mol. The molecule has 0 aliphatic carbocycles. The van der Waals surface area contributed by atoms with Gasteiger partial charge in [0.05, 0.1) is 12.7 Å². The highest BCUT2D eigenvalue weighted by molar-refractivity contribution is 5.96. The van der Waals surface area contributed by atoms with Crippen LogP contribution in [0.4, 0.5) is 0 Å². The lowest BCUT2D eigenvalue weighted by molar-refractivity contribution is -0.136. The first-order chi connectivity index (χ1) is 11.1. The summed E-state index contributed by atoms with van der Waals surface area (Å²) in [5, 5.41) is 0.969. The van der Waals surface area contributed by atoms with Gasteiger partial charge in [0.1, 0.15) is 6.61 Å². The van der Waals surface area contributed by atoms with Crippen molar-refractivity contribution in [1.82, 2.24) is 9.88 Å². The normalized spacial score (nSPS) is 13.9. The van der Waals surface area contributed by atoms with Crippen molar-refractivity contribution in [3.63, 3.8) is 0 Å². The van der Waals surface area contributed by atoms with E-state index < -0.39 is 0 Å². The number of hydrogen-bond acceptors (Lipinski definition) is 4. The van der Waals surface area contributed by atoms with Crippen molar-refractivity contribution in [3.05, 3.63) is 35.0 Å². The number of amides is 1. The molecule has 1 amide bonds. The average molecular weight is 316 g/mol. The molecule has 2 aromatic rings. The van der Waals surface area contributed by atoms with Gasteiger partial charge in [-0.15, -0.1) is 0 Å². The molecular weight excluding hydrogens is 296 g/mol. The van der Waals surface area contributed by atoms with E-state index in [1.165, 1.54) is 7.11 Å². The number of carbonyl (C=O) groups excluding carboxylic acids is 2. The van der Waals surface area contributed by atoms with Crippen molar-refractivity contribution >= 4 is 22.8 Å². The zero-order valence-electron chi connectivity index (χ0n) is 13.3. The van der Waals surface area contributed by atoms with Crippen LogP contribution in [0.15, 0.2) is 18.2 Å². The third-order valence-electron chi connectivity index (χ3n) is 4.18. The van der Waals surface area contributed by atoms with Crippen molar-refractivity contribution in [2.75, 3.05) is 26.9 Å². The van der Waals surface area contributed by atoms with Gasteiger partial charge in [0, 0.05) is 48.3 Å². The SMILES string of the molecule is CCOCC(=O)N1CCc2[nH]c3ccc(C(=O)OC)cc3c2C1. The zero-order chi connectivity index (χ0) is 16.4. The first-order valence-corrected chi connectivity index (χ1v) is 7.71. The van der Waals surface area contributed by atoms with E-state index in [1.807, 2.05) is 19.1 Å². The van der Waals surface area contributed by atoms with Crippen LogP contribution in [0.1, 0.15) is 28.5 Å². The van der Waals surface area contributed by atoms with Crippen molar-refractivity contribution in [2.45, 2.75) is 19.9 Å². The number of fused-ring (bicyclic) bond motifs is 3. The topological polar surface area (TPSA) is 71.6 Å². The third-order valence-corrected chi connectivity index (χ3v) is 4.18. The molecule has 1 aliphatic rings. The van der Waals surface area contributed by atoms with Gasteiger partial charge in [-0.25, -0.2) is 4.79 Å². The largest absolute Gasteiger partial charge is 0.465 e. The molecule has 2 heterocycles. The number of ether oxygens (including phenoxy) is 2. The van der Waals surface area contributed by atoms with Gasteiger partial charge in [-0.05, 0) is 25.1 Å². The minimum atomic E-state index is -0.359. The van der Waals surface area contributed by atoms with E-state index in [1.54, 1.807) is 11.0 Å². The molecule has 0 unspecified atom stereocenters. The van der Waals surface area contributed by atoms with Gasteiger partial charge < -0.3 is 19.4 Å². The minimum Gasteiger partial charge on any atom is -0.465 e. The molecule has 0 saturated carbocycles. The molecular formula is C17H20N2O4. The molecule has 1 aromatic carbocycles.